The third-order valence-corrected chi connectivity index (χ3v) is 4.75. The molecule has 5 nitrogen and oxygen atoms in total. The van der Waals surface area contributed by atoms with Crippen LogP contribution in [0, 0.1) is 0 Å². The number of halogens is 2. The number of nitrogens with one attached hydrogen (secondary N) is 3. The van der Waals surface area contributed by atoms with Gasteiger partial charge in [0.1, 0.15) is 0 Å². The standard InChI is InChI=1S/C24H25F2N3O2/c1-3-21-20(12-7-16-5-4-6-17(13-16)15-31-2)22(14-27-21)29-24(30)28-19-10-8-18(9-11-19)23(25)26/h3-6,8-14,23,27H,7,15H2,1-2H3,(H2,28,29,30)/b20-12+,21-3+. The molecule has 0 unspecified atom stereocenters. The number of H-pyrrole nitrogens is 1. The summed E-state index contributed by atoms with van der Waals surface area (Å²) in [5, 5.41) is 7.25. The number of aromatic amines is 1. The number of carbonyl (C=O) groups excluding carboxylic acids is 1. The lowest BCUT2D eigenvalue weighted by Crippen LogP contribution is -2.28. The van der Waals surface area contributed by atoms with E-state index in [1.807, 2.05) is 37.3 Å². The van der Waals surface area contributed by atoms with E-state index in [9.17, 15) is 13.6 Å². The highest BCUT2D eigenvalue weighted by Gasteiger charge is 2.09. The van der Waals surface area contributed by atoms with Crippen LogP contribution in [-0.2, 0) is 17.8 Å². The average Bonchev–Trinajstić information content (AvgIpc) is 3.14. The number of hydrogen-bond donors (Lipinski definition) is 3. The fraction of sp³-hybridized carbons (Fsp3) is 0.208. The fourth-order valence-electron chi connectivity index (χ4n) is 3.24. The summed E-state index contributed by atoms with van der Waals surface area (Å²) in [4.78, 5) is 15.6. The van der Waals surface area contributed by atoms with E-state index >= 15 is 0 Å². The molecule has 7 heteroatoms. The van der Waals surface area contributed by atoms with E-state index in [0.29, 0.717) is 24.4 Å². The number of methoxy groups -OCH3 is 1. The van der Waals surface area contributed by atoms with Crippen LogP contribution in [0.25, 0.3) is 12.2 Å². The van der Waals surface area contributed by atoms with Crippen LogP contribution in [0.3, 0.4) is 0 Å². The number of alkyl halides is 2. The van der Waals surface area contributed by atoms with Crippen LogP contribution in [0.2, 0.25) is 0 Å². The van der Waals surface area contributed by atoms with Gasteiger partial charge in [-0.3, -0.25) is 0 Å². The Bertz CT molecular complexity index is 1140. The molecule has 31 heavy (non-hydrogen) atoms. The van der Waals surface area contributed by atoms with Crippen LogP contribution in [-0.4, -0.2) is 18.1 Å². The lowest BCUT2D eigenvalue weighted by molar-refractivity contribution is 0.151. The van der Waals surface area contributed by atoms with Gasteiger partial charge in [-0.05, 0) is 36.6 Å². The van der Waals surface area contributed by atoms with Crippen molar-refractivity contribution in [2.75, 3.05) is 17.7 Å². The molecule has 0 atom stereocenters. The number of aromatic nitrogens is 1. The first kappa shape index (κ1) is 22.2. The van der Waals surface area contributed by atoms with Crippen molar-refractivity contribution in [1.82, 2.24) is 4.98 Å². The van der Waals surface area contributed by atoms with E-state index in [1.54, 1.807) is 13.3 Å². The largest absolute Gasteiger partial charge is 0.380 e. The van der Waals surface area contributed by atoms with Crippen LogP contribution < -0.4 is 21.2 Å². The topological polar surface area (TPSA) is 66.2 Å². The second-order valence-electron chi connectivity index (χ2n) is 6.98. The zero-order chi connectivity index (χ0) is 22.2. The summed E-state index contributed by atoms with van der Waals surface area (Å²) in [6.45, 7) is 2.47. The summed E-state index contributed by atoms with van der Waals surface area (Å²) < 4.78 is 30.5. The molecule has 3 aromatic rings. The van der Waals surface area contributed by atoms with Crippen molar-refractivity contribution in [2.24, 2.45) is 0 Å². The minimum Gasteiger partial charge on any atom is -0.380 e. The monoisotopic (exact) mass is 425 g/mol. The van der Waals surface area contributed by atoms with Gasteiger partial charge < -0.3 is 20.4 Å². The van der Waals surface area contributed by atoms with Crippen molar-refractivity contribution in [3.05, 3.63) is 82.0 Å². The molecule has 1 aromatic heterocycles. The van der Waals surface area contributed by atoms with Gasteiger partial charge in [-0.2, -0.15) is 0 Å². The van der Waals surface area contributed by atoms with Crippen molar-refractivity contribution in [3.8, 4) is 0 Å². The van der Waals surface area contributed by atoms with Crippen LogP contribution in [0.15, 0.2) is 54.7 Å². The smallest absolute Gasteiger partial charge is 0.323 e. The molecule has 3 N–H and O–H groups in total. The zero-order valence-corrected chi connectivity index (χ0v) is 17.4. The summed E-state index contributed by atoms with van der Waals surface area (Å²) in [6, 6.07) is 13.2. The molecule has 0 fully saturated rings. The Kier molecular flexibility index (Phi) is 7.56. The van der Waals surface area contributed by atoms with Crippen LogP contribution in [0.1, 0.15) is 30.0 Å². The summed E-state index contributed by atoms with van der Waals surface area (Å²) in [6.07, 6.45) is 3.84. The second-order valence-corrected chi connectivity index (χ2v) is 6.98. The number of anilines is 2. The van der Waals surface area contributed by atoms with Gasteiger partial charge in [-0.1, -0.05) is 48.6 Å². The Balaban J connectivity index is 1.75. The molecule has 162 valence electrons. The van der Waals surface area contributed by atoms with Gasteiger partial charge >= 0.3 is 6.03 Å². The Hall–Kier alpha value is -3.45. The lowest BCUT2D eigenvalue weighted by Gasteiger charge is -2.07. The predicted molar refractivity (Wildman–Crippen MR) is 120 cm³/mol. The highest BCUT2D eigenvalue weighted by atomic mass is 19.3. The maximum atomic E-state index is 12.7. The normalized spacial score (nSPS) is 12.4. The number of hydrogen-bond acceptors (Lipinski definition) is 2. The summed E-state index contributed by atoms with van der Waals surface area (Å²) in [7, 11) is 1.66. The van der Waals surface area contributed by atoms with Crippen LogP contribution in [0.5, 0.6) is 0 Å². The van der Waals surface area contributed by atoms with Gasteiger partial charge in [0.2, 0.25) is 0 Å². The summed E-state index contributed by atoms with van der Waals surface area (Å²) in [5.41, 5.74) is 3.20. The first-order valence-electron chi connectivity index (χ1n) is 9.87. The molecule has 0 radical (unpaired) electrons. The van der Waals surface area contributed by atoms with Crippen molar-refractivity contribution >= 4 is 29.6 Å². The van der Waals surface area contributed by atoms with E-state index in [-0.39, 0.29) is 5.56 Å². The molecule has 3 rings (SSSR count). The van der Waals surface area contributed by atoms with Gasteiger partial charge in [0.05, 0.1) is 12.3 Å². The number of benzene rings is 2. The molecule has 2 aromatic carbocycles. The number of ether oxygens (including phenoxy) is 1. The second kappa shape index (κ2) is 10.5. The SMILES string of the molecule is C/C=c1/[nH]cc(NC(=O)Nc2ccc(C(F)F)cc2)/c1=C/Cc1cccc(COC)c1. The molecule has 2 amide bonds. The average molecular weight is 425 g/mol. The molecule has 0 spiro atoms. The first-order chi connectivity index (χ1) is 15.0. The zero-order valence-electron chi connectivity index (χ0n) is 17.4. The molecule has 0 bridgehead atoms. The Morgan fingerprint density at radius 2 is 1.87 bits per heavy atom. The van der Waals surface area contributed by atoms with Crippen LogP contribution >= 0.6 is 0 Å². The van der Waals surface area contributed by atoms with E-state index in [2.05, 4.69) is 21.7 Å². The van der Waals surface area contributed by atoms with Crippen LogP contribution in [0.4, 0.5) is 25.0 Å². The predicted octanol–water partition coefficient (Wildman–Crippen LogP) is 4.57. The Labute approximate surface area is 179 Å². The third kappa shape index (κ3) is 6.02. The highest BCUT2D eigenvalue weighted by Crippen LogP contribution is 2.20. The fourth-order valence-corrected chi connectivity index (χ4v) is 3.24. The van der Waals surface area contributed by atoms with Gasteiger partial charge in [-0.15, -0.1) is 0 Å². The van der Waals surface area contributed by atoms with Gasteiger partial charge in [0.25, 0.3) is 6.43 Å². The van der Waals surface area contributed by atoms with E-state index in [4.69, 9.17) is 4.74 Å². The number of carbonyl (C=O) groups is 1. The number of rotatable bonds is 7. The first-order valence-corrected chi connectivity index (χ1v) is 9.87. The van der Waals surface area contributed by atoms with Gasteiger partial charge in [-0.25, -0.2) is 13.6 Å². The molecular formula is C24H25F2N3O2. The summed E-state index contributed by atoms with van der Waals surface area (Å²) >= 11 is 0. The summed E-state index contributed by atoms with van der Waals surface area (Å²) in [5.74, 6) is 0. The Morgan fingerprint density at radius 3 is 2.55 bits per heavy atom. The highest BCUT2D eigenvalue weighted by molar-refractivity contribution is 5.99. The molecular weight excluding hydrogens is 400 g/mol. The molecule has 0 aliphatic carbocycles. The van der Waals surface area contributed by atoms with E-state index in [1.165, 1.54) is 24.3 Å². The maximum Gasteiger partial charge on any atom is 0.323 e. The van der Waals surface area contributed by atoms with Gasteiger partial charge in [0, 0.05) is 35.1 Å². The maximum absolute atomic E-state index is 12.7. The molecule has 1 heterocycles. The molecule has 0 aliphatic rings. The minimum absolute atomic E-state index is 0.0915. The van der Waals surface area contributed by atoms with E-state index < -0.39 is 12.5 Å². The van der Waals surface area contributed by atoms with Crippen molar-refractivity contribution in [2.45, 2.75) is 26.4 Å². The van der Waals surface area contributed by atoms with Crippen molar-refractivity contribution < 1.29 is 18.3 Å². The quantitative estimate of drug-likeness (QED) is 0.519. The third-order valence-electron chi connectivity index (χ3n) is 4.75. The number of urea groups is 1. The number of amides is 2. The van der Waals surface area contributed by atoms with Crippen molar-refractivity contribution in [3.63, 3.8) is 0 Å². The lowest BCUT2D eigenvalue weighted by atomic mass is 10.1. The minimum atomic E-state index is -2.54. The Morgan fingerprint density at radius 1 is 1.13 bits per heavy atom. The van der Waals surface area contributed by atoms with E-state index in [0.717, 1.165) is 21.7 Å². The molecule has 0 saturated carbocycles. The van der Waals surface area contributed by atoms with Gasteiger partial charge in [0.15, 0.2) is 0 Å². The molecule has 0 saturated heterocycles. The van der Waals surface area contributed by atoms with Crippen molar-refractivity contribution in [1.29, 1.82) is 0 Å². The molecule has 0 aliphatic heterocycles.